The van der Waals surface area contributed by atoms with E-state index < -0.39 is 25.6 Å². The van der Waals surface area contributed by atoms with E-state index in [0.717, 1.165) is 70.2 Å². The predicted molar refractivity (Wildman–Crippen MR) is 513 cm³/mol. The number of alkyl halides is 6. The average molecular weight is 1780 g/mol. The second-order valence-corrected chi connectivity index (χ2v) is 45.2. The maximum atomic E-state index is 12.4. The predicted octanol–water partition coefficient (Wildman–Crippen LogP) is 27.2. The molecule has 6 aliphatic rings. The van der Waals surface area contributed by atoms with Gasteiger partial charge in [-0.25, -0.2) is 0 Å². The molecule has 0 saturated carbocycles. The summed E-state index contributed by atoms with van der Waals surface area (Å²) in [7, 11) is 3.87. The number of methoxy groups -OCH3 is 1. The van der Waals surface area contributed by atoms with Gasteiger partial charge in [-0.2, -0.15) is 26.3 Å². The van der Waals surface area contributed by atoms with Gasteiger partial charge in [0.2, 0.25) is 0 Å². The Hall–Kier alpha value is -7.36. The van der Waals surface area contributed by atoms with Crippen molar-refractivity contribution in [1.82, 2.24) is 0 Å². The quantitative estimate of drug-likeness (QED) is 0.0412. The lowest BCUT2D eigenvalue weighted by Gasteiger charge is -2.17. The van der Waals surface area contributed by atoms with Crippen molar-refractivity contribution in [3.63, 3.8) is 0 Å². The van der Waals surface area contributed by atoms with Crippen LogP contribution in [0.2, 0.25) is 0 Å². The number of unbranched alkanes of at least 4 members (excludes halogenated alkanes) is 2. The van der Waals surface area contributed by atoms with E-state index >= 15 is 0 Å². The molecule has 0 radical (unpaired) electrons. The summed E-state index contributed by atoms with van der Waals surface area (Å²) in [5.74, 6) is 19.7. The van der Waals surface area contributed by atoms with Gasteiger partial charge in [0, 0.05) is 137 Å². The lowest BCUT2D eigenvalue weighted by molar-refractivity contribution is -0.153. The molecule has 0 atom stereocenters. The van der Waals surface area contributed by atoms with E-state index in [1.54, 1.807) is 29.0 Å². The van der Waals surface area contributed by atoms with Crippen molar-refractivity contribution in [3.8, 4) is 34.5 Å². The molecule has 0 amide bonds. The summed E-state index contributed by atoms with van der Waals surface area (Å²) < 4.78 is 107. The average Bonchev–Trinajstić information content (AvgIpc) is 0.890. The Morgan fingerprint density at radius 3 is 0.689 bits per heavy atom. The summed E-state index contributed by atoms with van der Waals surface area (Å²) in [5, 5.41) is 23.8. The van der Waals surface area contributed by atoms with Crippen LogP contribution in [-0.4, -0.2) is 133 Å². The van der Waals surface area contributed by atoms with Crippen molar-refractivity contribution in [2.75, 3.05) is 116 Å². The highest BCUT2D eigenvalue weighted by Gasteiger charge is 2.36. The summed E-state index contributed by atoms with van der Waals surface area (Å²) in [5.41, 5.74) is 0. The molecule has 1 N–H and O–H groups in total. The summed E-state index contributed by atoms with van der Waals surface area (Å²) in [4.78, 5) is 8.65. The molecule has 6 heterocycles. The van der Waals surface area contributed by atoms with Crippen molar-refractivity contribution in [3.05, 3.63) is 218 Å². The fourth-order valence-electron chi connectivity index (χ4n) is 16.8. The van der Waals surface area contributed by atoms with Crippen molar-refractivity contribution >= 4 is 130 Å². The molecule has 6 saturated heterocycles. The third-order valence-electron chi connectivity index (χ3n) is 23.0. The van der Waals surface area contributed by atoms with Crippen molar-refractivity contribution in [2.45, 2.75) is 184 Å². The van der Waals surface area contributed by atoms with Crippen LogP contribution in [0.1, 0.15) is 142 Å². The summed E-state index contributed by atoms with van der Waals surface area (Å²) in [6.45, 7) is 4.79. The van der Waals surface area contributed by atoms with Gasteiger partial charge in [0.05, 0.1) is 19.8 Å². The zero-order valence-electron chi connectivity index (χ0n) is 71.3. The Morgan fingerprint density at radius 2 is 0.451 bits per heavy atom. The molecule has 648 valence electrons. The van der Waals surface area contributed by atoms with E-state index in [1.807, 2.05) is 78.9 Å². The first-order chi connectivity index (χ1) is 59.6. The number of benzene rings is 12. The Balaban J connectivity index is 0.000000126. The molecule has 19 heteroatoms. The molecule has 0 spiro atoms. The molecule has 18 rings (SSSR count). The largest absolute Gasteiger partial charge is 0.507 e. The topological polar surface area (TPSA) is 75.6 Å². The van der Waals surface area contributed by atoms with Crippen LogP contribution < -0.4 is 23.7 Å². The van der Waals surface area contributed by atoms with Crippen LogP contribution in [0.15, 0.2) is 248 Å². The molecule has 6 fully saturated rings. The van der Waals surface area contributed by atoms with Crippen LogP contribution in [0.4, 0.5) is 26.3 Å². The zero-order valence-corrected chi connectivity index (χ0v) is 76.2. The highest BCUT2D eigenvalue weighted by Crippen LogP contribution is 2.42. The van der Waals surface area contributed by atoms with Crippen LogP contribution in [0.5, 0.6) is 34.5 Å². The second kappa shape index (κ2) is 47.3. The Morgan fingerprint density at radius 1 is 0.246 bits per heavy atom. The first-order valence-electron chi connectivity index (χ1n) is 44.3. The molecule has 0 aliphatic carbocycles. The molecular weight excluding hydrogens is 1660 g/mol. The van der Waals surface area contributed by atoms with Crippen molar-refractivity contribution in [1.29, 1.82) is 0 Å². The van der Waals surface area contributed by atoms with Crippen LogP contribution in [0, 0.1) is 0 Å². The number of hydrogen-bond donors (Lipinski definition) is 1. The van der Waals surface area contributed by atoms with Gasteiger partial charge in [0.25, 0.3) is 0 Å². The molecule has 0 aromatic heterocycles. The van der Waals surface area contributed by atoms with Gasteiger partial charge in [-0.15, -0.1) is 0 Å². The Labute approximate surface area is 737 Å². The van der Waals surface area contributed by atoms with Crippen LogP contribution in [0.3, 0.4) is 0 Å². The molecular formula is C103H122F6O7S6+6. The van der Waals surface area contributed by atoms with Gasteiger partial charge in [-0.3, -0.25) is 0 Å². The number of phenolic OH excluding ortho intramolecular Hbond substituents is 1. The number of hydrogen-bond acceptors (Lipinski definition) is 7. The third kappa shape index (κ3) is 25.7. The molecule has 0 bridgehead atoms. The van der Waals surface area contributed by atoms with Gasteiger partial charge in [0.15, 0.2) is 42.6 Å². The van der Waals surface area contributed by atoms with E-state index in [1.165, 1.54) is 242 Å². The maximum Gasteiger partial charge on any atom is 0.422 e. The van der Waals surface area contributed by atoms with Crippen molar-refractivity contribution in [2.24, 2.45) is 0 Å². The summed E-state index contributed by atoms with van der Waals surface area (Å²) in [6.07, 6.45) is 17.5. The summed E-state index contributed by atoms with van der Waals surface area (Å²) >= 11 is 0. The first-order valence-corrected chi connectivity index (χ1v) is 53.6. The second-order valence-electron chi connectivity index (χ2n) is 31.8. The SMILES string of the molecule is CCCCOc1ccc([S+]2CCCC2)c2ccccc12.CCCCOc1ccc([S+]2CCCCC2)c2ccccc12.COCCOc1ccc([S+]2CCCCC2)c2ccccc12.FC(F)(F)COc1ccc([S+]2CCCC2)c2ccccc12.FC(F)(F)COc1ccc([S+]2CCCCC2)c2ccccc12.Oc1ccc([S+]2CCCCC2)c2ccccc12. The minimum absolute atomic E-state index is 0.210. The van der Waals surface area contributed by atoms with Gasteiger partial charge in [-0.05, 0) is 225 Å². The van der Waals surface area contributed by atoms with E-state index in [2.05, 4.69) is 141 Å². The molecule has 12 aromatic carbocycles. The summed E-state index contributed by atoms with van der Waals surface area (Å²) in [6, 6.07) is 74.4. The fraction of sp³-hybridized carbons (Fsp3) is 0.417. The number of halogens is 6. The van der Waals surface area contributed by atoms with Crippen LogP contribution >= 0.6 is 0 Å². The molecule has 0 unspecified atom stereocenters. The van der Waals surface area contributed by atoms with Gasteiger partial charge >= 0.3 is 12.4 Å². The number of rotatable bonds is 22. The molecule has 122 heavy (non-hydrogen) atoms. The van der Waals surface area contributed by atoms with E-state index in [4.69, 9.17) is 28.4 Å². The normalized spacial score (nSPS) is 16.5. The molecule has 7 nitrogen and oxygen atoms in total. The van der Waals surface area contributed by atoms with Crippen molar-refractivity contribution < 1.29 is 59.9 Å². The lowest BCUT2D eigenvalue weighted by Crippen LogP contribution is -2.20. The number of phenols is 1. The zero-order chi connectivity index (χ0) is 84.9. The Kier molecular flexibility index (Phi) is 35.8. The Bertz CT molecular complexity index is 5140. The number of aromatic hydroxyl groups is 1. The number of fused-ring (bicyclic) bond motifs is 6. The highest BCUT2D eigenvalue weighted by atomic mass is 32.2. The molecule has 12 aromatic rings. The van der Waals surface area contributed by atoms with E-state index in [9.17, 15) is 31.4 Å². The lowest BCUT2D eigenvalue weighted by atomic mass is 10.1. The monoisotopic (exact) mass is 1780 g/mol. The fourth-order valence-corrected chi connectivity index (χ4v) is 31.8. The first kappa shape index (κ1) is 92.3. The molecule has 6 aliphatic heterocycles. The third-order valence-corrected chi connectivity index (χ3v) is 38.2. The number of ether oxygens (including phenoxy) is 6. The van der Waals surface area contributed by atoms with Gasteiger partial charge in [0.1, 0.15) is 110 Å². The highest BCUT2D eigenvalue weighted by molar-refractivity contribution is 7.98. The smallest absolute Gasteiger partial charge is 0.422 e. The van der Waals surface area contributed by atoms with E-state index in [0.29, 0.717) is 74.0 Å². The minimum Gasteiger partial charge on any atom is -0.507 e. The minimum atomic E-state index is -4.31. The van der Waals surface area contributed by atoms with E-state index in [-0.39, 0.29) is 21.8 Å². The maximum absolute atomic E-state index is 12.4. The standard InChI is InChI=1S/C19H25OS.C18H23O2S.C18H23OS.C17H18F3OS.C16H16F3OS.C15H16OS/c1-2-3-13-20-18-11-12-19(21-14-7-4-8-15-21)17-10-6-5-9-16(17)18;1-19-11-12-20-17-9-10-18(21-13-5-2-6-14-21)16-8-4-3-7-15(16)17;1-2-3-12-19-17-10-11-18(20-13-6-7-14-20)16-9-5-4-8-15(16)17;18-17(19,20)12-21-15-8-9-16(22-10-4-1-5-11-22)14-7-3-2-6-13(14)15;17-16(18,19)11-20-14-7-8-15(21-9-3-4-10-21)13-6-2-1-5-12(13)14;16-14-8-9-15(17-10-4-1-5-11-17)13-7-3-2-6-12(13)14/h5-6,9-12H,2-4,7-8,13-15H2,1H3;3-4,7-10H,2,5-6,11-14H2,1H3;4-5,8-11H,2-3,6-7,12-14H2,1H3;2-3,6-9H,1,4-5,10-12H2;1-2,5-8H,3-4,9-11H2;2-3,6-9H,1,4-5,10-11H2/q5*+1;/p+1. The van der Waals surface area contributed by atoms with Gasteiger partial charge in [-0.1, -0.05) is 136 Å². The van der Waals surface area contributed by atoms with Gasteiger partial charge < -0.3 is 33.5 Å². The van der Waals surface area contributed by atoms with Crippen LogP contribution in [0.25, 0.3) is 64.6 Å². The van der Waals surface area contributed by atoms with Crippen LogP contribution in [-0.2, 0) is 70.1 Å².